The molecule has 0 N–H and O–H groups in total. The number of hydrogen-bond acceptors (Lipinski definition) is 3. The van der Waals surface area contributed by atoms with Gasteiger partial charge in [0.05, 0.1) is 22.3 Å². The molecule has 40 heavy (non-hydrogen) atoms. The second-order valence-electron chi connectivity index (χ2n) is 9.92. The third kappa shape index (κ3) is 3.22. The molecule has 0 aliphatic heterocycles. The number of benzene rings is 5. The van der Waals surface area contributed by atoms with Crippen molar-refractivity contribution >= 4 is 43.7 Å². The quantitative estimate of drug-likeness (QED) is 0.237. The van der Waals surface area contributed by atoms with Gasteiger partial charge in [-0.3, -0.25) is 4.98 Å². The number of fused-ring (bicyclic) bond motifs is 6. The molecule has 0 fully saturated rings. The highest BCUT2D eigenvalue weighted by atomic mass is 16.3. The lowest BCUT2D eigenvalue weighted by Gasteiger charge is -2.18. The minimum Gasteiger partial charge on any atom is -0.456 e. The highest BCUT2D eigenvalue weighted by Gasteiger charge is 2.22. The number of furan rings is 1. The molecule has 0 unspecified atom stereocenters. The molecule has 3 aromatic heterocycles. The van der Waals surface area contributed by atoms with Crippen molar-refractivity contribution in [2.75, 3.05) is 0 Å². The number of aromatic nitrogens is 2. The average molecular weight is 512 g/mol. The molecule has 0 aliphatic carbocycles. The first-order valence-corrected chi connectivity index (χ1v) is 13.2. The molecule has 0 aliphatic rings. The first kappa shape index (κ1) is 22.3. The van der Waals surface area contributed by atoms with Crippen LogP contribution in [-0.4, -0.2) is 9.55 Å². The van der Waals surface area contributed by atoms with Crippen molar-refractivity contribution in [3.63, 3.8) is 0 Å². The molecular formula is C36H21N3O. The Morgan fingerprint density at radius 3 is 2.00 bits per heavy atom. The van der Waals surface area contributed by atoms with Crippen LogP contribution in [0.3, 0.4) is 0 Å². The number of rotatable bonds is 3. The summed E-state index contributed by atoms with van der Waals surface area (Å²) in [6, 6.07) is 41.9. The second kappa shape index (κ2) is 8.69. The van der Waals surface area contributed by atoms with Crippen molar-refractivity contribution in [1.29, 1.82) is 5.26 Å². The van der Waals surface area contributed by atoms with E-state index in [4.69, 9.17) is 4.42 Å². The number of nitriles is 1. The Kier molecular flexibility index (Phi) is 4.85. The summed E-state index contributed by atoms with van der Waals surface area (Å²) >= 11 is 0. The number of pyridine rings is 1. The molecule has 0 atom stereocenters. The van der Waals surface area contributed by atoms with E-state index in [2.05, 4.69) is 88.4 Å². The Bertz CT molecular complexity index is 2230. The van der Waals surface area contributed by atoms with Gasteiger partial charge in [-0.15, -0.1) is 0 Å². The minimum atomic E-state index is 0.606. The molecule has 5 aromatic carbocycles. The van der Waals surface area contributed by atoms with Gasteiger partial charge in [0, 0.05) is 50.6 Å². The van der Waals surface area contributed by atoms with Gasteiger partial charge < -0.3 is 8.98 Å². The fraction of sp³-hybridized carbons (Fsp3) is 0. The molecule has 8 aromatic rings. The van der Waals surface area contributed by atoms with Gasteiger partial charge in [0.15, 0.2) is 0 Å². The van der Waals surface area contributed by atoms with Crippen LogP contribution in [0.2, 0.25) is 0 Å². The summed E-state index contributed by atoms with van der Waals surface area (Å²) in [6.45, 7) is 0. The summed E-state index contributed by atoms with van der Waals surface area (Å²) in [5.41, 5.74) is 9.03. The molecule has 0 radical (unpaired) electrons. The maximum Gasteiger partial charge on any atom is 0.135 e. The van der Waals surface area contributed by atoms with Crippen LogP contribution in [0, 0.1) is 11.3 Å². The standard InChI is InChI=1S/C36H21N3O/c37-21-31-25(24-8-7-19-38-22-24)16-17-26(23-15-18-35-30(20-23)29-11-3-6-14-34(29)40-35)36(31)39-32-12-4-1-9-27(32)28-10-2-5-13-33(28)39/h1-20,22H. The van der Waals surface area contributed by atoms with Crippen molar-refractivity contribution in [3.8, 4) is 34.0 Å². The molecular weight excluding hydrogens is 490 g/mol. The van der Waals surface area contributed by atoms with E-state index in [1.165, 1.54) is 0 Å². The lowest BCUT2D eigenvalue weighted by molar-refractivity contribution is 0.669. The van der Waals surface area contributed by atoms with Gasteiger partial charge in [-0.2, -0.15) is 5.26 Å². The van der Waals surface area contributed by atoms with Crippen LogP contribution in [-0.2, 0) is 0 Å². The van der Waals surface area contributed by atoms with E-state index >= 15 is 0 Å². The summed E-state index contributed by atoms with van der Waals surface area (Å²) in [5.74, 6) is 0. The van der Waals surface area contributed by atoms with Gasteiger partial charge in [-0.25, -0.2) is 0 Å². The van der Waals surface area contributed by atoms with Crippen molar-refractivity contribution in [3.05, 3.63) is 133 Å². The molecule has 4 nitrogen and oxygen atoms in total. The first-order chi connectivity index (χ1) is 19.8. The van der Waals surface area contributed by atoms with Crippen molar-refractivity contribution < 1.29 is 4.42 Å². The number of hydrogen-bond donors (Lipinski definition) is 0. The van der Waals surface area contributed by atoms with E-state index in [1.54, 1.807) is 6.20 Å². The molecule has 3 heterocycles. The lowest BCUT2D eigenvalue weighted by atomic mass is 9.92. The minimum absolute atomic E-state index is 0.606. The monoisotopic (exact) mass is 511 g/mol. The zero-order valence-corrected chi connectivity index (χ0v) is 21.4. The normalized spacial score (nSPS) is 11.5. The van der Waals surface area contributed by atoms with Gasteiger partial charge >= 0.3 is 0 Å². The predicted molar refractivity (Wildman–Crippen MR) is 161 cm³/mol. The number of para-hydroxylation sites is 3. The van der Waals surface area contributed by atoms with Crippen LogP contribution in [0.15, 0.2) is 132 Å². The maximum absolute atomic E-state index is 10.8. The van der Waals surface area contributed by atoms with E-state index < -0.39 is 0 Å². The van der Waals surface area contributed by atoms with E-state index in [0.29, 0.717) is 5.56 Å². The van der Waals surface area contributed by atoms with E-state index in [-0.39, 0.29) is 0 Å². The molecule has 0 amide bonds. The van der Waals surface area contributed by atoms with Crippen molar-refractivity contribution in [2.24, 2.45) is 0 Å². The van der Waals surface area contributed by atoms with Gasteiger partial charge in [-0.05, 0) is 42.0 Å². The van der Waals surface area contributed by atoms with Crippen LogP contribution in [0.1, 0.15) is 5.56 Å². The smallest absolute Gasteiger partial charge is 0.135 e. The largest absolute Gasteiger partial charge is 0.456 e. The van der Waals surface area contributed by atoms with Crippen LogP contribution in [0.25, 0.3) is 71.7 Å². The second-order valence-corrected chi connectivity index (χ2v) is 9.92. The van der Waals surface area contributed by atoms with Crippen LogP contribution >= 0.6 is 0 Å². The van der Waals surface area contributed by atoms with Crippen LogP contribution < -0.4 is 0 Å². The Morgan fingerprint density at radius 1 is 0.600 bits per heavy atom. The summed E-state index contributed by atoms with van der Waals surface area (Å²) in [4.78, 5) is 4.34. The molecule has 0 saturated heterocycles. The summed E-state index contributed by atoms with van der Waals surface area (Å²) in [6.07, 6.45) is 3.57. The third-order valence-electron chi connectivity index (χ3n) is 7.75. The first-order valence-electron chi connectivity index (χ1n) is 13.2. The molecule has 0 spiro atoms. The lowest BCUT2D eigenvalue weighted by Crippen LogP contribution is -2.03. The van der Waals surface area contributed by atoms with E-state index in [0.717, 1.165) is 71.7 Å². The summed E-state index contributed by atoms with van der Waals surface area (Å²) in [5, 5.41) is 15.2. The molecule has 0 bridgehead atoms. The highest BCUT2D eigenvalue weighted by Crippen LogP contribution is 2.42. The van der Waals surface area contributed by atoms with Crippen LogP contribution in [0.5, 0.6) is 0 Å². The van der Waals surface area contributed by atoms with Gasteiger partial charge in [-0.1, -0.05) is 78.9 Å². The molecule has 0 saturated carbocycles. The zero-order valence-electron chi connectivity index (χ0n) is 21.4. The summed E-state index contributed by atoms with van der Waals surface area (Å²) < 4.78 is 8.36. The van der Waals surface area contributed by atoms with Crippen molar-refractivity contribution in [1.82, 2.24) is 9.55 Å². The van der Waals surface area contributed by atoms with Gasteiger partial charge in [0.25, 0.3) is 0 Å². The molecule has 186 valence electrons. The van der Waals surface area contributed by atoms with Crippen LogP contribution in [0.4, 0.5) is 0 Å². The van der Waals surface area contributed by atoms with Gasteiger partial charge in [0.1, 0.15) is 17.2 Å². The summed E-state index contributed by atoms with van der Waals surface area (Å²) in [7, 11) is 0. The molecule has 8 rings (SSSR count). The van der Waals surface area contributed by atoms with E-state index in [9.17, 15) is 5.26 Å². The van der Waals surface area contributed by atoms with E-state index in [1.807, 2.05) is 48.7 Å². The Balaban J connectivity index is 1.52. The topological polar surface area (TPSA) is 54.8 Å². The fourth-order valence-corrected chi connectivity index (χ4v) is 5.99. The third-order valence-corrected chi connectivity index (χ3v) is 7.75. The Hall–Kier alpha value is -5.66. The average Bonchev–Trinajstić information content (AvgIpc) is 3.56. The predicted octanol–water partition coefficient (Wildman–Crippen LogP) is 9.28. The Labute approximate surface area is 230 Å². The SMILES string of the molecule is N#Cc1c(-c2cccnc2)ccc(-c2ccc3oc4ccccc4c3c2)c1-n1c2ccccc2c2ccccc21. The van der Waals surface area contributed by atoms with Gasteiger partial charge in [0.2, 0.25) is 0 Å². The number of nitrogens with zero attached hydrogens (tertiary/aromatic N) is 3. The molecule has 4 heteroatoms. The van der Waals surface area contributed by atoms with Crippen molar-refractivity contribution in [2.45, 2.75) is 0 Å². The fourth-order valence-electron chi connectivity index (χ4n) is 5.99. The highest BCUT2D eigenvalue weighted by molar-refractivity contribution is 6.11. The maximum atomic E-state index is 10.8. The Morgan fingerprint density at radius 2 is 1.27 bits per heavy atom. The zero-order chi connectivity index (χ0) is 26.6.